The third-order valence-electron chi connectivity index (χ3n) is 2.27. The number of rotatable bonds is 6. The van der Waals surface area contributed by atoms with Crippen molar-refractivity contribution in [3.63, 3.8) is 0 Å². The molecule has 0 fully saturated rings. The minimum Gasteiger partial charge on any atom is -0.385 e. The maximum absolute atomic E-state index is 11.7. The van der Waals surface area contributed by atoms with E-state index in [-0.39, 0.29) is 17.4 Å². The number of Topliss-reactive ketones (excluding diaryl/α,β-unsaturated/α-hetero) is 2. The number of hydrogen-bond acceptors (Lipinski definition) is 4. The Morgan fingerprint density at radius 3 is 2.00 bits per heavy atom. The van der Waals surface area contributed by atoms with Crippen molar-refractivity contribution in [3.05, 3.63) is 0 Å². The number of aliphatic hydroxyl groups excluding tert-OH is 1. The number of carbonyl (C=O) groups excluding carboxylic acids is 2. The summed E-state index contributed by atoms with van der Waals surface area (Å²) in [4.78, 5) is 23.4. The number of aliphatic hydroxyl groups is 2. The molecule has 2 N–H and O–H groups in total. The van der Waals surface area contributed by atoms with Crippen molar-refractivity contribution in [2.75, 3.05) is 27.7 Å². The second kappa shape index (κ2) is 5.03. The van der Waals surface area contributed by atoms with Crippen molar-refractivity contribution >= 4 is 11.6 Å². The Morgan fingerprint density at radius 2 is 1.75 bits per heavy atom. The van der Waals surface area contributed by atoms with Crippen LogP contribution in [0.4, 0.5) is 0 Å². The number of hydrogen-bond donors (Lipinski definition) is 2. The lowest BCUT2D eigenvalue weighted by Gasteiger charge is -2.33. The van der Waals surface area contributed by atoms with Gasteiger partial charge in [-0.1, -0.05) is 6.92 Å². The average Bonchev–Trinajstić information content (AvgIpc) is 2.12. The molecule has 0 saturated carbocycles. The standard InChI is InChI=1S/C11H22NO4/c1-6-9(14)11(16,7-12(3,4)5)10(15)8(2)13/h8,13,16H,6-7H2,1-5H3/q+1. The van der Waals surface area contributed by atoms with Gasteiger partial charge in [0.05, 0.1) is 21.1 Å². The van der Waals surface area contributed by atoms with Crippen molar-refractivity contribution in [2.45, 2.75) is 32.0 Å². The van der Waals surface area contributed by atoms with E-state index in [0.29, 0.717) is 0 Å². The molecule has 16 heavy (non-hydrogen) atoms. The first-order valence-corrected chi connectivity index (χ1v) is 5.33. The minimum atomic E-state index is -2.08. The van der Waals surface area contributed by atoms with Crippen molar-refractivity contribution < 1.29 is 24.3 Å². The van der Waals surface area contributed by atoms with Gasteiger partial charge < -0.3 is 14.7 Å². The zero-order valence-corrected chi connectivity index (χ0v) is 10.6. The van der Waals surface area contributed by atoms with E-state index in [0.717, 1.165) is 0 Å². The lowest BCUT2D eigenvalue weighted by molar-refractivity contribution is -0.874. The summed E-state index contributed by atoms with van der Waals surface area (Å²) in [6.45, 7) is 2.80. The fourth-order valence-corrected chi connectivity index (χ4v) is 1.63. The molecule has 0 aliphatic rings. The molecule has 0 aromatic rings. The van der Waals surface area contributed by atoms with Gasteiger partial charge in [0.1, 0.15) is 12.6 Å². The summed E-state index contributed by atoms with van der Waals surface area (Å²) in [6.07, 6.45) is -1.28. The Bertz CT molecular complexity index is 280. The topological polar surface area (TPSA) is 74.6 Å². The van der Waals surface area contributed by atoms with E-state index in [9.17, 15) is 19.8 Å². The summed E-state index contributed by atoms with van der Waals surface area (Å²) in [5.41, 5.74) is -2.08. The normalized spacial score (nSPS) is 17.7. The summed E-state index contributed by atoms with van der Waals surface area (Å²) >= 11 is 0. The first-order valence-electron chi connectivity index (χ1n) is 5.33. The Hall–Kier alpha value is -0.780. The highest BCUT2D eigenvalue weighted by Crippen LogP contribution is 2.16. The molecule has 0 bridgehead atoms. The quantitative estimate of drug-likeness (QED) is 0.471. The van der Waals surface area contributed by atoms with Gasteiger partial charge >= 0.3 is 0 Å². The second-order valence-corrected chi connectivity index (χ2v) is 5.13. The van der Waals surface area contributed by atoms with Gasteiger partial charge in [0, 0.05) is 6.42 Å². The van der Waals surface area contributed by atoms with Crippen molar-refractivity contribution in [2.24, 2.45) is 0 Å². The first-order chi connectivity index (χ1) is 7.04. The number of ketones is 2. The molecule has 0 aliphatic heterocycles. The maximum atomic E-state index is 11.7. The summed E-state index contributed by atoms with van der Waals surface area (Å²) in [5.74, 6) is -1.38. The lowest BCUT2D eigenvalue weighted by Crippen LogP contribution is -2.60. The number of carbonyl (C=O) groups is 2. The molecule has 0 amide bonds. The molecule has 94 valence electrons. The van der Waals surface area contributed by atoms with Crippen LogP contribution in [0.15, 0.2) is 0 Å². The third kappa shape index (κ3) is 3.66. The van der Waals surface area contributed by atoms with Gasteiger partial charge in [0.15, 0.2) is 5.78 Å². The zero-order chi connectivity index (χ0) is 13.1. The highest BCUT2D eigenvalue weighted by Gasteiger charge is 2.48. The van der Waals surface area contributed by atoms with Crippen LogP contribution in [0.1, 0.15) is 20.3 Å². The molecular weight excluding hydrogens is 210 g/mol. The van der Waals surface area contributed by atoms with E-state index in [1.165, 1.54) is 6.92 Å². The summed E-state index contributed by atoms with van der Waals surface area (Å²) in [5, 5.41) is 19.4. The molecule has 0 radical (unpaired) electrons. The summed E-state index contributed by atoms with van der Waals surface area (Å²) < 4.78 is 0.265. The number of nitrogens with zero attached hydrogens (tertiary/aromatic N) is 1. The van der Waals surface area contributed by atoms with Crippen LogP contribution in [0.25, 0.3) is 0 Å². The minimum absolute atomic E-state index is 0.0383. The average molecular weight is 232 g/mol. The van der Waals surface area contributed by atoms with E-state index < -0.39 is 23.3 Å². The first kappa shape index (κ1) is 15.2. The number of quaternary nitrogens is 1. The van der Waals surface area contributed by atoms with Crippen LogP contribution in [0, 0.1) is 0 Å². The van der Waals surface area contributed by atoms with Crippen LogP contribution in [0.5, 0.6) is 0 Å². The fraction of sp³-hybridized carbons (Fsp3) is 0.818. The molecule has 0 saturated heterocycles. The Kier molecular flexibility index (Phi) is 4.79. The third-order valence-corrected chi connectivity index (χ3v) is 2.27. The van der Waals surface area contributed by atoms with Crippen LogP contribution in [0.2, 0.25) is 0 Å². The van der Waals surface area contributed by atoms with Gasteiger partial charge in [-0.25, -0.2) is 0 Å². The Morgan fingerprint density at radius 1 is 1.31 bits per heavy atom. The highest BCUT2D eigenvalue weighted by atomic mass is 16.3. The van der Waals surface area contributed by atoms with Crippen molar-refractivity contribution in [3.8, 4) is 0 Å². The summed E-state index contributed by atoms with van der Waals surface area (Å²) in [6, 6.07) is 0. The van der Waals surface area contributed by atoms with Crippen LogP contribution in [-0.2, 0) is 9.59 Å². The molecule has 0 spiro atoms. The van der Waals surface area contributed by atoms with E-state index >= 15 is 0 Å². The molecular formula is C11H22NO4+. The Balaban J connectivity index is 5.20. The van der Waals surface area contributed by atoms with E-state index in [2.05, 4.69) is 0 Å². The van der Waals surface area contributed by atoms with E-state index in [1.54, 1.807) is 28.1 Å². The summed E-state index contributed by atoms with van der Waals surface area (Å²) in [7, 11) is 5.30. The van der Waals surface area contributed by atoms with E-state index in [4.69, 9.17) is 0 Å². The van der Waals surface area contributed by atoms with Crippen molar-refractivity contribution in [1.82, 2.24) is 0 Å². The zero-order valence-electron chi connectivity index (χ0n) is 10.6. The highest BCUT2D eigenvalue weighted by molar-refractivity contribution is 6.11. The van der Waals surface area contributed by atoms with Crippen molar-refractivity contribution in [1.29, 1.82) is 0 Å². The second-order valence-electron chi connectivity index (χ2n) is 5.13. The molecule has 5 heteroatoms. The molecule has 0 aliphatic carbocycles. The monoisotopic (exact) mass is 232 g/mol. The van der Waals surface area contributed by atoms with Crippen LogP contribution >= 0.6 is 0 Å². The SMILES string of the molecule is CCC(=O)C(O)(C[N+](C)(C)C)C(=O)C(C)O. The molecule has 0 aromatic heterocycles. The smallest absolute Gasteiger partial charge is 0.233 e. The largest absolute Gasteiger partial charge is 0.385 e. The van der Waals surface area contributed by atoms with Gasteiger partial charge in [-0.3, -0.25) is 9.59 Å². The van der Waals surface area contributed by atoms with E-state index in [1.807, 2.05) is 0 Å². The van der Waals surface area contributed by atoms with Gasteiger partial charge in [-0.2, -0.15) is 0 Å². The van der Waals surface area contributed by atoms with Crippen LogP contribution in [0.3, 0.4) is 0 Å². The van der Waals surface area contributed by atoms with Gasteiger partial charge in [-0.05, 0) is 6.92 Å². The maximum Gasteiger partial charge on any atom is 0.233 e. The van der Waals surface area contributed by atoms with Crippen LogP contribution < -0.4 is 0 Å². The van der Waals surface area contributed by atoms with Gasteiger partial charge in [-0.15, -0.1) is 0 Å². The Labute approximate surface area is 96.3 Å². The van der Waals surface area contributed by atoms with Crippen LogP contribution in [-0.4, -0.2) is 65.7 Å². The van der Waals surface area contributed by atoms with Gasteiger partial charge in [0.25, 0.3) is 0 Å². The molecule has 0 rings (SSSR count). The fourth-order valence-electron chi connectivity index (χ4n) is 1.63. The number of likely N-dealkylation sites (N-methyl/N-ethyl adjacent to an activating group) is 1. The molecule has 5 nitrogen and oxygen atoms in total. The molecule has 2 unspecified atom stereocenters. The predicted molar refractivity (Wildman–Crippen MR) is 59.8 cm³/mol. The van der Waals surface area contributed by atoms with Gasteiger partial charge in [0.2, 0.25) is 11.4 Å². The molecule has 0 aromatic carbocycles. The lowest BCUT2D eigenvalue weighted by atomic mass is 9.88. The molecule has 2 atom stereocenters. The predicted octanol–water partition coefficient (Wildman–Crippen LogP) is -0.647. The molecule has 0 heterocycles.